The fourth-order valence-electron chi connectivity index (χ4n) is 3.24. The van der Waals surface area contributed by atoms with Crippen molar-refractivity contribution < 1.29 is 14.3 Å². The number of ether oxygens (including phenoxy) is 1. The van der Waals surface area contributed by atoms with Gasteiger partial charge in [-0.2, -0.15) is 0 Å². The van der Waals surface area contributed by atoms with Gasteiger partial charge in [-0.1, -0.05) is 6.08 Å². The lowest BCUT2D eigenvalue weighted by Gasteiger charge is -2.30. The fraction of sp³-hybridized carbons (Fsp3) is 0.500. The van der Waals surface area contributed by atoms with Crippen LogP contribution in [0.2, 0.25) is 0 Å². The molecule has 0 bridgehead atoms. The van der Waals surface area contributed by atoms with Crippen LogP contribution in [0.1, 0.15) is 26.7 Å². The van der Waals surface area contributed by atoms with E-state index in [0.717, 1.165) is 11.1 Å². The van der Waals surface area contributed by atoms with Crippen LogP contribution in [0.5, 0.6) is 0 Å². The summed E-state index contributed by atoms with van der Waals surface area (Å²) < 4.78 is 5.44. The van der Waals surface area contributed by atoms with Gasteiger partial charge in [0.15, 0.2) is 11.4 Å². The third-order valence-electron chi connectivity index (χ3n) is 4.15. The monoisotopic (exact) mass is 204 g/mol. The highest BCUT2D eigenvalue weighted by atomic mass is 16.6. The van der Waals surface area contributed by atoms with Crippen LogP contribution in [0.3, 0.4) is 0 Å². The predicted molar refractivity (Wildman–Crippen MR) is 53.0 cm³/mol. The zero-order chi connectivity index (χ0) is 10.8. The van der Waals surface area contributed by atoms with Crippen LogP contribution >= 0.6 is 0 Å². The molecule has 1 aliphatic heterocycles. The van der Waals surface area contributed by atoms with Crippen molar-refractivity contribution in [1.82, 2.24) is 0 Å². The first kappa shape index (κ1) is 8.89. The Balaban J connectivity index is 2.30. The van der Waals surface area contributed by atoms with Crippen LogP contribution < -0.4 is 0 Å². The van der Waals surface area contributed by atoms with Gasteiger partial charge in [0.2, 0.25) is 0 Å². The minimum absolute atomic E-state index is 0.0934. The van der Waals surface area contributed by atoms with Gasteiger partial charge >= 0.3 is 5.97 Å². The van der Waals surface area contributed by atoms with Crippen molar-refractivity contribution >= 4 is 11.8 Å². The van der Waals surface area contributed by atoms with Crippen LogP contribution in [0.15, 0.2) is 23.3 Å². The van der Waals surface area contributed by atoms with Gasteiger partial charge in [0.1, 0.15) is 0 Å². The number of allylic oxidation sites excluding steroid dienone is 2. The number of hydrogen-bond donors (Lipinski definition) is 0. The summed E-state index contributed by atoms with van der Waals surface area (Å²) in [7, 11) is 0. The molecule has 0 amide bonds. The quantitative estimate of drug-likeness (QED) is 0.444. The molecule has 1 saturated heterocycles. The van der Waals surface area contributed by atoms with E-state index in [2.05, 4.69) is 0 Å². The summed E-state index contributed by atoms with van der Waals surface area (Å²) in [6, 6.07) is 0. The lowest BCUT2D eigenvalue weighted by Crippen LogP contribution is -2.41. The van der Waals surface area contributed by atoms with E-state index >= 15 is 0 Å². The molecule has 0 aromatic heterocycles. The van der Waals surface area contributed by atoms with Gasteiger partial charge in [-0.3, -0.25) is 9.59 Å². The van der Waals surface area contributed by atoms with Crippen molar-refractivity contribution in [2.24, 2.45) is 5.41 Å². The average Bonchev–Trinajstić information content (AvgIpc) is 2.70. The summed E-state index contributed by atoms with van der Waals surface area (Å²) in [6.45, 7) is 3.72. The first-order valence-electron chi connectivity index (χ1n) is 5.16. The predicted octanol–water partition coefficient (Wildman–Crippen LogP) is 1.54. The second-order valence-corrected chi connectivity index (χ2v) is 4.65. The van der Waals surface area contributed by atoms with Crippen LogP contribution in [0.4, 0.5) is 0 Å². The summed E-state index contributed by atoms with van der Waals surface area (Å²) in [6.07, 6.45) is 4.71. The van der Waals surface area contributed by atoms with Gasteiger partial charge < -0.3 is 4.74 Å². The van der Waals surface area contributed by atoms with Crippen molar-refractivity contribution in [3.8, 4) is 0 Å². The van der Waals surface area contributed by atoms with Crippen molar-refractivity contribution in [2.45, 2.75) is 32.3 Å². The molecule has 3 rings (SSSR count). The Hall–Kier alpha value is -1.38. The minimum Gasteiger partial charge on any atom is -0.449 e. The molecule has 0 N–H and O–H groups in total. The molecule has 3 nitrogen and oxygen atoms in total. The maximum atomic E-state index is 12.2. The average molecular weight is 204 g/mol. The summed E-state index contributed by atoms with van der Waals surface area (Å²) in [5.41, 5.74) is 0.322. The highest BCUT2D eigenvalue weighted by molar-refractivity contribution is 6.09. The topological polar surface area (TPSA) is 43.4 Å². The number of carbonyl (C=O) groups excluding carboxylic acids is 2. The van der Waals surface area contributed by atoms with E-state index in [9.17, 15) is 9.59 Å². The first-order chi connectivity index (χ1) is 7.03. The fourth-order valence-corrected chi connectivity index (χ4v) is 3.24. The van der Waals surface area contributed by atoms with E-state index in [-0.39, 0.29) is 18.2 Å². The van der Waals surface area contributed by atoms with Gasteiger partial charge in [-0.25, -0.2) is 0 Å². The summed E-state index contributed by atoms with van der Waals surface area (Å²) in [5, 5.41) is 0. The first-order valence-corrected chi connectivity index (χ1v) is 5.16. The van der Waals surface area contributed by atoms with Gasteiger partial charge in [0.25, 0.3) is 0 Å². The molecule has 0 aromatic carbocycles. The lowest BCUT2D eigenvalue weighted by molar-refractivity contribution is -0.144. The molecule has 0 radical (unpaired) electrons. The van der Waals surface area contributed by atoms with Gasteiger partial charge in [-0.15, -0.1) is 0 Å². The van der Waals surface area contributed by atoms with Crippen LogP contribution in [-0.4, -0.2) is 17.4 Å². The number of rotatable bonds is 0. The SMILES string of the molecule is CC1=C(C)[C@@]23C=CC[C@@]2(CC(=O)O3)C1=O. The van der Waals surface area contributed by atoms with Crippen LogP contribution in [0, 0.1) is 5.41 Å². The van der Waals surface area contributed by atoms with Crippen molar-refractivity contribution in [3.63, 3.8) is 0 Å². The maximum absolute atomic E-state index is 12.2. The number of hydrogen-bond acceptors (Lipinski definition) is 3. The number of Topliss-reactive ketones (excluding diaryl/α,β-unsaturated/α-hetero) is 1. The molecule has 0 saturated carbocycles. The standard InChI is InChI=1S/C12H12O3/c1-7-8(2)12-5-3-4-11(12,10(7)14)6-9(13)15-12/h3,5H,4,6H2,1-2H3/t11-,12+/m1/s1. The Morgan fingerprint density at radius 3 is 2.73 bits per heavy atom. The van der Waals surface area contributed by atoms with Gasteiger partial charge in [0, 0.05) is 0 Å². The molecule has 78 valence electrons. The molecule has 0 aromatic rings. The van der Waals surface area contributed by atoms with E-state index in [1.54, 1.807) is 0 Å². The second kappa shape index (κ2) is 2.23. The van der Waals surface area contributed by atoms with Crippen molar-refractivity contribution in [2.75, 3.05) is 0 Å². The smallest absolute Gasteiger partial charge is 0.308 e. The van der Waals surface area contributed by atoms with Gasteiger partial charge in [-0.05, 0) is 37.5 Å². The molecule has 2 aliphatic carbocycles. The highest BCUT2D eigenvalue weighted by Gasteiger charge is 2.69. The van der Waals surface area contributed by atoms with E-state index in [1.807, 2.05) is 26.0 Å². The van der Waals surface area contributed by atoms with E-state index in [1.165, 1.54) is 0 Å². The lowest BCUT2D eigenvalue weighted by atomic mass is 9.72. The zero-order valence-corrected chi connectivity index (χ0v) is 8.79. The Bertz CT molecular complexity index is 457. The normalized spacial score (nSPS) is 42.3. The van der Waals surface area contributed by atoms with Crippen LogP contribution in [0.25, 0.3) is 0 Å². The third-order valence-corrected chi connectivity index (χ3v) is 4.15. The summed E-state index contributed by atoms with van der Waals surface area (Å²) in [4.78, 5) is 23.6. The highest BCUT2D eigenvalue weighted by Crippen LogP contribution is 2.61. The number of ketones is 1. The van der Waals surface area contributed by atoms with E-state index < -0.39 is 11.0 Å². The molecule has 2 atom stereocenters. The largest absolute Gasteiger partial charge is 0.449 e. The summed E-state index contributed by atoms with van der Waals surface area (Å²) in [5.74, 6) is -0.157. The van der Waals surface area contributed by atoms with Crippen molar-refractivity contribution in [3.05, 3.63) is 23.3 Å². The molecule has 0 spiro atoms. The number of esters is 1. The molecular formula is C12H12O3. The van der Waals surface area contributed by atoms with Crippen LogP contribution in [-0.2, 0) is 14.3 Å². The third kappa shape index (κ3) is 0.684. The zero-order valence-electron chi connectivity index (χ0n) is 8.79. The Morgan fingerprint density at radius 1 is 1.33 bits per heavy atom. The van der Waals surface area contributed by atoms with E-state index in [0.29, 0.717) is 6.42 Å². The molecule has 15 heavy (non-hydrogen) atoms. The second-order valence-electron chi connectivity index (χ2n) is 4.65. The molecule has 1 heterocycles. The molecule has 3 heteroatoms. The number of carbonyl (C=O) groups is 2. The minimum atomic E-state index is -0.731. The molecule has 3 aliphatic rings. The molecule has 0 unspecified atom stereocenters. The Labute approximate surface area is 87.8 Å². The summed E-state index contributed by atoms with van der Waals surface area (Å²) >= 11 is 0. The maximum Gasteiger partial charge on any atom is 0.308 e. The van der Waals surface area contributed by atoms with E-state index in [4.69, 9.17) is 4.74 Å². The van der Waals surface area contributed by atoms with Crippen molar-refractivity contribution in [1.29, 1.82) is 0 Å². The van der Waals surface area contributed by atoms with Gasteiger partial charge in [0.05, 0.1) is 11.8 Å². The Morgan fingerprint density at radius 2 is 2.07 bits per heavy atom. The Kier molecular flexibility index (Phi) is 1.32. The molecule has 1 fully saturated rings. The molecular weight excluding hydrogens is 192 g/mol.